The van der Waals surface area contributed by atoms with Crippen LogP contribution in [0.3, 0.4) is 0 Å². The molecule has 0 amide bonds. The van der Waals surface area contributed by atoms with Crippen molar-refractivity contribution in [2.24, 2.45) is 0 Å². The zero-order valence-electron chi connectivity index (χ0n) is 5.97. The van der Waals surface area contributed by atoms with Crippen molar-refractivity contribution in [3.8, 4) is 0 Å². The first-order valence-electron chi connectivity index (χ1n) is 3.07. The van der Waals surface area contributed by atoms with E-state index in [0.717, 1.165) is 10.6 Å². The minimum absolute atomic E-state index is 0.539. The van der Waals surface area contributed by atoms with Gasteiger partial charge in [0.05, 0.1) is 6.20 Å². The van der Waals surface area contributed by atoms with Crippen LogP contribution in [0.2, 0.25) is 4.34 Å². The molecule has 0 fully saturated rings. The third-order valence-corrected chi connectivity index (χ3v) is 2.56. The highest BCUT2D eigenvalue weighted by Gasteiger charge is 1.95. The molecule has 1 heterocycles. The first kappa shape index (κ1) is 9.04. The van der Waals surface area contributed by atoms with E-state index >= 15 is 0 Å². The van der Waals surface area contributed by atoms with E-state index in [-0.39, 0.29) is 0 Å². The highest BCUT2D eigenvalue weighted by Crippen LogP contribution is 2.20. The van der Waals surface area contributed by atoms with Gasteiger partial charge in [-0.3, -0.25) is 0 Å². The summed E-state index contributed by atoms with van der Waals surface area (Å²) in [5.74, 6) is 0.539. The molecule has 0 N–H and O–H groups in total. The number of halogens is 2. The predicted molar refractivity (Wildman–Crippen MR) is 51.5 cm³/mol. The first-order chi connectivity index (χ1) is 5.22. The molecule has 0 saturated heterocycles. The molecule has 1 aromatic heterocycles. The van der Waals surface area contributed by atoms with Crippen LogP contribution in [-0.4, -0.2) is 10.9 Å². The van der Waals surface area contributed by atoms with E-state index in [0.29, 0.717) is 10.2 Å². The lowest BCUT2D eigenvalue weighted by Crippen LogP contribution is -1.75. The van der Waals surface area contributed by atoms with Crippen molar-refractivity contribution in [1.82, 2.24) is 4.98 Å². The summed E-state index contributed by atoms with van der Waals surface area (Å²) >= 11 is 12.7. The normalized spacial score (nSPS) is 12.1. The number of nitrogens with zero attached hydrogens (tertiary/aromatic N) is 1. The Balaban J connectivity index is 2.78. The quantitative estimate of drug-likeness (QED) is 0.678. The van der Waals surface area contributed by atoms with E-state index < -0.39 is 0 Å². The van der Waals surface area contributed by atoms with Gasteiger partial charge in [-0.15, -0.1) is 22.9 Å². The Hall–Kier alpha value is -0.0500. The van der Waals surface area contributed by atoms with Gasteiger partial charge in [0.15, 0.2) is 0 Å². The van der Waals surface area contributed by atoms with Gasteiger partial charge in [-0.1, -0.05) is 17.2 Å². The number of hydrogen-bond donors (Lipinski definition) is 0. The maximum absolute atomic E-state index is 5.68. The third kappa shape index (κ3) is 2.81. The van der Waals surface area contributed by atoms with Gasteiger partial charge in [-0.25, -0.2) is 4.98 Å². The number of alkyl halides is 1. The lowest BCUT2D eigenvalue weighted by atomic mass is 10.3. The van der Waals surface area contributed by atoms with E-state index in [1.807, 2.05) is 13.0 Å². The molecule has 11 heavy (non-hydrogen) atoms. The molecule has 0 aromatic carbocycles. The third-order valence-electron chi connectivity index (χ3n) is 1.08. The SMILES string of the molecule is C/C(=C/c1ncc(Cl)s1)CCl. The fraction of sp³-hybridized carbons (Fsp3) is 0.286. The molecule has 4 heteroatoms. The van der Waals surface area contributed by atoms with Gasteiger partial charge in [0.25, 0.3) is 0 Å². The summed E-state index contributed by atoms with van der Waals surface area (Å²) in [4.78, 5) is 4.06. The van der Waals surface area contributed by atoms with Crippen molar-refractivity contribution >= 4 is 40.6 Å². The molecule has 0 bridgehead atoms. The highest BCUT2D eigenvalue weighted by molar-refractivity contribution is 7.16. The molecular formula is C7H7Cl2NS. The van der Waals surface area contributed by atoms with Crippen LogP contribution in [-0.2, 0) is 0 Å². The van der Waals surface area contributed by atoms with Gasteiger partial charge in [0, 0.05) is 5.88 Å². The average Bonchev–Trinajstić information content (AvgIpc) is 2.35. The van der Waals surface area contributed by atoms with E-state index in [1.165, 1.54) is 11.3 Å². The van der Waals surface area contributed by atoms with Crippen molar-refractivity contribution in [3.05, 3.63) is 21.1 Å². The maximum Gasteiger partial charge on any atom is 0.117 e. The van der Waals surface area contributed by atoms with Crippen LogP contribution in [0.1, 0.15) is 11.9 Å². The van der Waals surface area contributed by atoms with Gasteiger partial charge < -0.3 is 0 Å². The minimum atomic E-state index is 0.539. The van der Waals surface area contributed by atoms with E-state index in [1.54, 1.807) is 6.20 Å². The summed E-state index contributed by atoms with van der Waals surface area (Å²) in [6.45, 7) is 1.96. The number of rotatable bonds is 2. The summed E-state index contributed by atoms with van der Waals surface area (Å²) < 4.78 is 0.707. The number of allylic oxidation sites excluding steroid dienone is 1. The van der Waals surface area contributed by atoms with E-state index in [4.69, 9.17) is 23.2 Å². The second-order valence-electron chi connectivity index (χ2n) is 2.13. The molecule has 1 rings (SSSR count). The topological polar surface area (TPSA) is 12.9 Å². The molecule has 0 aliphatic rings. The van der Waals surface area contributed by atoms with Gasteiger partial charge >= 0.3 is 0 Å². The first-order valence-corrected chi connectivity index (χ1v) is 4.79. The largest absolute Gasteiger partial charge is 0.244 e. The molecule has 0 aliphatic heterocycles. The molecule has 1 nitrogen and oxygen atoms in total. The Morgan fingerprint density at radius 1 is 1.82 bits per heavy atom. The van der Waals surface area contributed by atoms with Crippen LogP contribution >= 0.6 is 34.5 Å². The Kier molecular flexibility index (Phi) is 3.37. The van der Waals surface area contributed by atoms with Crippen molar-refractivity contribution < 1.29 is 0 Å². The predicted octanol–water partition coefficient (Wildman–Crippen LogP) is 3.44. The summed E-state index contributed by atoms with van der Waals surface area (Å²) in [5.41, 5.74) is 1.10. The monoisotopic (exact) mass is 207 g/mol. The smallest absolute Gasteiger partial charge is 0.117 e. The number of thiazole rings is 1. The van der Waals surface area contributed by atoms with Gasteiger partial charge in [-0.05, 0) is 13.0 Å². The Morgan fingerprint density at radius 3 is 3.00 bits per heavy atom. The lowest BCUT2D eigenvalue weighted by molar-refractivity contribution is 1.36. The highest BCUT2D eigenvalue weighted by atomic mass is 35.5. The molecular weight excluding hydrogens is 201 g/mol. The van der Waals surface area contributed by atoms with Crippen LogP contribution in [0, 0.1) is 0 Å². The Labute approximate surface area is 79.7 Å². The second-order valence-corrected chi connectivity index (χ2v) is 4.09. The van der Waals surface area contributed by atoms with Crippen LogP contribution in [0.5, 0.6) is 0 Å². The average molecular weight is 208 g/mol. The summed E-state index contributed by atoms with van der Waals surface area (Å²) in [6.07, 6.45) is 3.57. The minimum Gasteiger partial charge on any atom is -0.244 e. The fourth-order valence-corrected chi connectivity index (χ4v) is 1.62. The molecule has 1 aromatic rings. The van der Waals surface area contributed by atoms with E-state index in [9.17, 15) is 0 Å². The second kappa shape index (κ2) is 4.10. The van der Waals surface area contributed by atoms with Crippen LogP contribution < -0.4 is 0 Å². The molecule has 60 valence electrons. The standard InChI is InChI=1S/C7H7Cl2NS/c1-5(3-8)2-7-10-4-6(9)11-7/h2,4H,3H2,1H3/b5-2-. The molecule has 0 saturated carbocycles. The zero-order chi connectivity index (χ0) is 8.27. The van der Waals surface area contributed by atoms with Crippen LogP contribution in [0.25, 0.3) is 6.08 Å². The Bertz CT molecular complexity index is 267. The summed E-state index contributed by atoms with van der Waals surface area (Å²) in [5, 5.41) is 0.910. The fourth-order valence-electron chi connectivity index (χ4n) is 0.583. The van der Waals surface area contributed by atoms with Crippen molar-refractivity contribution in [3.63, 3.8) is 0 Å². The van der Waals surface area contributed by atoms with Crippen LogP contribution in [0.4, 0.5) is 0 Å². The Morgan fingerprint density at radius 2 is 2.55 bits per heavy atom. The summed E-state index contributed by atoms with van der Waals surface area (Å²) in [6, 6.07) is 0. The lowest BCUT2D eigenvalue weighted by Gasteiger charge is -1.88. The van der Waals surface area contributed by atoms with Gasteiger partial charge in [0.2, 0.25) is 0 Å². The van der Waals surface area contributed by atoms with Gasteiger partial charge in [0.1, 0.15) is 9.34 Å². The van der Waals surface area contributed by atoms with Crippen molar-refractivity contribution in [2.75, 3.05) is 5.88 Å². The van der Waals surface area contributed by atoms with Gasteiger partial charge in [-0.2, -0.15) is 0 Å². The summed E-state index contributed by atoms with van der Waals surface area (Å²) in [7, 11) is 0. The molecule has 0 atom stereocenters. The van der Waals surface area contributed by atoms with Crippen molar-refractivity contribution in [2.45, 2.75) is 6.92 Å². The van der Waals surface area contributed by atoms with Crippen molar-refractivity contribution in [1.29, 1.82) is 0 Å². The number of aromatic nitrogens is 1. The molecule has 0 spiro atoms. The molecule has 0 aliphatic carbocycles. The molecule has 0 radical (unpaired) electrons. The van der Waals surface area contributed by atoms with Crippen LogP contribution in [0.15, 0.2) is 11.8 Å². The maximum atomic E-state index is 5.68. The number of hydrogen-bond acceptors (Lipinski definition) is 2. The van der Waals surface area contributed by atoms with E-state index in [2.05, 4.69) is 4.98 Å². The zero-order valence-corrected chi connectivity index (χ0v) is 8.30. The molecule has 0 unspecified atom stereocenters.